The average molecular weight is 257 g/mol. The van der Waals surface area contributed by atoms with Crippen LogP contribution in [0.1, 0.15) is 25.3 Å². The summed E-state index contributed by atoms with van der Waals surface area (Å²) < 4.78 is 18.4. The van der Waals surface area contributed by atoms with Crippen molar-refractivity contribution in [1.29, 1.82) is 0 Å². The number of rotatable bonds is 3. The topological polar surface area (TPSA) is 26.3 Å². The van der Waals surface area contributed by atoms with Crippen molar-refractivity contribution in [2.24, 2.45) is 0 Å². The molecule has 0 aromatic heterocycles. The van der Waals surface area contributed by atoms with Gasteiger partial charge in [-0.3, -0.25) is 4.79 Å². The second kappa shape index (κ2) is 4.75. The lowest BCUT2D eigenvalue weighted by molar-refractivity contribution is -0.136. The third-order valence-electron chi connectivity index (χ3n) is 3.16. The van der Waals surface area contributed by atoms with E-state index in [0.29, 0.717) is 6.61 Å². The van der Waals surface area contributed by atoms with E-state index < -0.39 is 11.4 Å². The molecule has 0 amide bonds. The zero-order chi connectivity index (χ0) is 12.5. The van der Waals surface area contributed by atoms with Crippen molar-refractivity contribution in [1.82, 2.24) is 0 Å². The molecular formula is C13H14ClFO2. The van der Waals surface area contributed by atoms with E-state index in [2.05, 4.69) is 0 Å². The summed E-state index contributed by atoms with van der Waals surface area (Å²) in [6.45, 7) is 2.44. The third kappa shape index (κ3) is 2.67. The first-order chi connectivity index (χ1) is 8.01. The quantitative estimate of drug-likeness (QED) is 0.830. The number of benzene rings is 1. The Morgan fingerprint density at radius 3 is 2.94 bits per heavy atom. The van der Waals surface area contributed by atoms with Crippen LogP contribution in [-0.4, -0.2) is 18.0 Å². The number of hydrogen-bond donors (Lipinski definition) is 0. The molecule has 4 heteroatoms. The second-order valence-electron chi connectivity index (χ2n) is 4.53. The van der Waals surface area contributed by atoms with Crippen molar-refractivity contribution in [2.45, 2.75) is 31.8 Å². The number of carbonyl (C=O) groups excluding carboxylic acids is 1. The molecule has 1 aliphatic rings. The molecule has 1 unspecified atom stereocenters. The van der Waals surface area contributed by atoms with Crippen molar-refractivity contribution >= 4 is 17.4 Å². The minimum Gasteiger partial charge on any atom is -0.367 e. The van der Waals surface area contributed by atoms with E-state index >= 15 is 0 Å². The molecule has 1 saturated heterocycles. The van der Waals surface area contributed by atoms with Gasteiger partial charge >= 0.3 is 0 Å². The Balaban J connectivity index is 2.10. The lowest BCUT2D eigenvalue weighted by Gasteiger charge is -2.21. The van der Waals surface area contributed by atoms with Crippen LogP contribution < -0.4 is 0 Å². The number of carbonyl (C=O) groups is 1. The van der Waals surface area contributed by atoms with Crippen LogP contribution in [0.15, 0.2) is 18.2 Å². The first-order valence-corrected chi connectivity index (χ1v) is 6.00. The number of halogens is 2. The lowest BCUT2D eigenvalue weighted by atomic mass is 9.92. The summed E-state index contributed by atoms with van der Waals surface area (Å²) in [6.07, 6.45) is 1.89. The van der Waals surface area contributed by atoms with Crippen LogP contribution in [0.25, 0.3) is 0 Å². The molecule has 1 fully saturated rings. The standard InChI is InChI=1S/C13H14ClFO2/c1-13(5-2-6-17-13)12(16)8-9-3-4-11(15)10(14)7-9/h3-4,7H,2,5-6,8H2,1H3. The van der Waals surface area contributed by atoms with E-state index in [1.54, 1.807) is 6.07 Å². The molecule has 1 aromatic carbocycles. The van der Waals surface area contributed by atoms with Gasteiger partial charge in [-0.15, -0.1) is 0 Å². The normalized spacial score (nSPS) is 23.9. The van der Waals surface area contributed by atoms with Crippen LogP contribution in [0.3, 0.4) is 0 Å². The number of Topliss-reactive ketones (excluding diaryl/α,β-unsaturated/α-hetero) is 1. The molecule has 1 atom stereocenters. The summed E-state index contributed by atoms with van der Waals surface area (Å²) in [7, 11) is 0. The van der Waals surface area contributed by atoms with Crippen molar-refractivity contribution < 1.29 is 13.9 Å². The number of hydrogen-bond acceptors (Lipinski definition) is 2. The van der Waals surface area contributed by atoms with E-state index in [0.717, 1.165) is 18.4 Å². The van der Waals surface area contributed by atoms with Gasteiger partial charge in [0.2, 0.25) is 0 Å². The number of ketones is 1. The average Bonchev–Trinajstić information content (AvgIpc) is 2.72. The monoisotopic (exact) mass is 256 g/mol. The Morgan fingerprint density at radius 1 is 1.59 bits per heavy atom. The van der Waals surface area contributed by atoms with Gasteiger partial charge in [0.05, 0.1) is 5.02 Å². The molecule has 92 valence electrons. The van der Waals surface area contributed by atoms with Gasteiger partial charge in [0, 0.05) is 13.0 Å². The predicted octanol–water partition coefficient (Wildman–Crippen LogP) is 3.16. The van der Waals surface area contributed by atoms with Gasteiger partial charge < -0.3 is 4.74 Å². The molecule has 0 spiro atoms. The summed E-state index contributed by atoms with van der Waals surface area (Å²) in [4.78, 5) is 12.1. The molecule has 0 bridgehead atoms. The highest BCUT2D eigenvalue weighted by Gasteiger charge is 2.36. The van der Waals surface area contributed by atoms with Gasteiger partial charge in [-0.25, -0.2) is 4.39 Å². The van der Waals surface area contributed by atoms with Crippen molar-refractivity contribution in [3.05, 3.63) is 34.6 Å². The molecule has 2 rings (SSSR count). The van der Waals surface area contributed by atoms with Gasteiger partial charge in [0.15, 0.2) is 5.78 Å². The van der Waals surface area contributed by atoms with E-state index in [1.807, 2.05) is 6.92 Å². The maximum absolute atomic E-state index is 13.0. The fourth-order valence-electron chi connectivity index (χ4n) is 2.02. The highest BCUT2D eigenvalue weighted by atomic mass is 35.5. The smallest absolute Gasteiger partial charge is 0.168 e. The van der Waals surface area contributed by atoms with Gasteiger partial charge in [-0.05, 0) is 37.5 Å². The van der Waals surface area contributed by atoms with Crippen molar-refractivity contribution in [3.63, 3.8) is 0 Å². The SMILES string of the molecule is CC1(C(=O)Cc2ccc(F)c(Cl)c2)CCCO1. The van der Waals surface area contributed by atoms with E-state index in [9.17, 15) is 9.18 Å². The van der Waals surface area contributed by atoms with Crippen LogP contribution in [0.4, 0.5) is 4.39 Å². The minimum absolute atomic E-state index is 0.0256. The fraction of sp³-hybridized carbons (Fsp3) is 0.462. The predicted molar refractivity (Wildman–Crippen MR) is 63.7 cm³/mol. The van der Waals surface area contributed by atoms with Gasteiger partial charge in [-0.2, -0.15) is 0 Å². The highest BCUT2D eigenvalue weighted by molar-refractivity contribution is 6.30. The summed E-state index contributed by atoms with van der Waals surface area (Å²) in [5.41, 5.74) is 0.0408. The third-order valence-corrected chi connectivity index (χ3v) is 3.45. The Hall–Kier alpha value is -0.930. The Morgan fingerprint density at radius 2 is 2.35 bits per heavy atom. The number of ether oxygens (including phenoxy) is 1. The molecule has 0 N–H and O–H groups in total. The van der Waals surface area contributed by atoms with Gasteiger partial charge in [0.25, 0.3) is 0 Å². The first-order valence-electron chi connectivity index (χ1n) is 5.62. The van der Waals surface area contributed by atoms with E-state index in [1.165, 1.54) is 12.1 Å². The second-order valence-corrected chi connectivity index (χ2v) is 4.94. The maximum Gasteiger partial charge on any atom is 0.168 e. The van der Waals surface area contributed by atoms with Gasteiger partial charge in [-0.1, -0.05) is 17.7 Å². The zero-order valence-electron chi connectivity index (χ0n) is 9.63. The molecule has 17 heavy (non-hydrogen) atoms. The molecule has 2 nitrogen and oxygen atoms in total. The molecule has 0 radical (unpaired) electrons. The van der Waals surface area contributed by atoms with Crippen LogP contribution in [0.5, 0.6) is 0 Å². The van der Waals surface area contributed by atoms with Crippen LogP contribution in [0.2, 0.25) is 5.02 Å². The van der Waals surface area contributed by atoms with Gasteiger partial charge in [0.1, 0.15) is 11.4 Å². The largest absolute Gasteiger partial charge is 0.367 e. The molecular weight excluding hydrogens is 243 g/mol. The zero-order valence-corrected chi connectivity index (χ0v) is 10.4. The van der Waals surface area contributed by atoms with Crippen LogP contribution in [-0.2, 0) is 16.0 Å². The molecule has 1 aromatic rings. The molecule has 1 heterocycles. The van der Waals surface area contributed by atoms with Crippen molar-refractivity contribution in [2.75, 3.05) is 6.61 Å². The van der Waals surface area contributed by atoms with E-state index in [4.69, 9.17) is 16.3 Å². The van der Waals surface area contributed by atoms with Crippen LogP contribution in [0, 0.1) is 5.82 Å². The summed E-state index contributed by atoms with van der Waals surface area (Å²) in [5.74, 6) is -0.441. The minimum atomic E-state index is -0.680. The van der Waals surface area contributed by atoms with Crippen LogP contribution >= 0.6 is 11.6 Å². The summed E-state index contributed by atoms with van der Waals surface area (Å²) in [6, 6.07) is 4.35. The fourth-order valence-corrected chi connectivity index (χ4v) is 2.22. The Bertz CT molecular complexity index is 439. The molecule has 0 aliphatic carbocycles. The Labute approximate surface area is 105 Å². The van der Waals surface area contributed by atoms with Crippen molar-refractivity contribution in [3.8, 4) is 0 Å². The molecule has 1 aliphatic heterocycles. The maximum atomic E-state index is 13.0. The first kappa shape index (κ1) is 12.5. The van der Waals surface area contributed by atoms with E-state index in [-0.39, 0.29) is 17.2 Å². The molecule has 0 saturated carbocycles. The highest BCUT2D eigenvalue weighted by Crippen LogP contribution is 2.27. The summed E-state index contributed by atoms with van der Waals surface area (Å²) >= 11 is 5.67. The Kier molecular flexibility index (Phi) is 3.50. The summed E-state index contributed by atoms with van der Waals surface area (Å²) in [5, 5.41) is 0.0489. The lowest BCUT2D eigenvalue weighted by Crippen LogP contribution is -2.35.